The molecule has 2 unspecified atom stereocenters. The van der Waals surface area contributed by atoms with Gasteiger partial charge in [0.25, 0.3) is 0 Å². The first-order valence-electron chi connectivity index (χ1n) is 7.44. The molecule has 20 heavy (non-hydrogen) atoms. The molecular weight excluding hydrogens is 256 g/mol. The highest BCUT2D eigenvalue weighted by atomic mass is 16.4. The summed E-state index contributed by atoms with van der Waals surface area (Å²) in [5.74, 6) is -0.743. The fraction of sp³-hybridized carbons (Fsp3) is 0.867. The van der Waals surface area contributed by atoms with E-state index < -0.39 is 11.5 Å². The van der Waals surface area contributed by atoms with E-state index in [4.69, 9.17) is 0 Å². The molecule has 0 saturated heterocycles. The predicted octanol–water partition coefficient (Wildman–Crippen LogP) is 1.91. The van der Waals surface area contributed by atoms with Crippen molar-refractivity contribution in [1.29, 1.82) is 0 Å². The minimum absolute atomic E-state index is 0.0376. The van der Waals surface area contributed by atoms with Gasteiger partial charge < -0.3 is 15.7 Å². The summed E-state index contributed by atoms with van der Waals surface area (Å²) in [5, 5.41) is 15.5. The standard InChI is InChI=1S/C15H28N2O3/c1-11-6-5-8-15(10-11,13(19)20)17-12(18)7-9-16-14(2,3)4/h11,16H,5-10H2,1-4H3,(H,17,18)(H,19,20). The normalized spacial score (nSPS) is 27.1. The molecule has 1 amide bonds. The van der Waals surface area contributed by atoms with Crippen LogP contribution < -0.4 is 10.6 Å². The lowest BCUT2D eigenvalue weighted by Gasteiger charge is -2.37. The number of carboxylic acids is 1. The summed E-state index contributed by atoms with van der Waals surface area (Å²) in [7, 11) is 0. The highest BCUT2D eigenvalue weighted by Gasteiger charge is 2.42. The summed E-state index contributed by atoms with van der Waals surface area (Å²) >= 11 is 0. The van der Waals surface area contributed by atoms with E-state index in [0.717, 1.165) is 12.8 Å². The Kier molecular flexibility index (Phi) is 5.57. The summed E-state index contributed by atoms with van der Waals surface area (Å²) in [5.41, 5.74) is -1.10. The summed E-state index contributed by atoms with van der Waals surface area (Å²) in [6.07, 6.45) is 3.26. The average molecular weight is 284 g/mol. The third-order valence-corrected chi connectivity index (χ3v) is 3.79. The molecule has 0 heterocycles. The molecular formula is C15H28N2O3. The van der Waals surface area contributed by atoms with Crippen molar-refractivity contribution in [3.05, 3.63) is 0 Å². The van der Waals surface area contributed by atoms with Crippen molar-refractivity contribution >= 4 is 11.9 Å². The van der Waals surface area contributed by atoms with Crippen LogP contribution in [0.15, 0.2) is 0 Å². The Bertz CT molecular complexity index is 363. The van der Waals surface area contributed by atoms with E-state index in [0.29, 0.717) is 31.7 Å². The molecule has 1 aliphatic rings. The lowest BCUT2D eigenvalue weighted by Crippen LogP contribution is -2.57. The van der Waals surface area contributed by atoms with E-state index in [1.54, 1.807) is 0 Å². The minimum Gasteiger partial charge on any atom is -0.480 e. The third-order valence-electron chi connectivity index (χ3n) is 3.79. The van der Waals surface area contributed by atoms with E-state index in [1.165, 1.54) is 0 Å². The zero-order chi connectivity index (χ0) is 15.4. The molecule has 0 aliphatic heterocycles. The maximum Gasteiger partial charge on any atom is 0.329 e. The van der Waals surface area contributed by atoms with Gasteiger partial charge in [0.2, 0.25) is 5.91 Å². The van der Waals surface area contributed by atoms with Gasteiger partial charge in [0.1, 0.15) is 5.54 Å². The maximum atomic E-state index is 12.0. The molecule has 1 aliphatic carbocycles. The Morgan fingerprint density at radius 2 is 2.00 bits per heavy atom. The Labute approximate surface area is 121 Å². The van der Waals surface area contributed by atoms with Crippen LogP contribution in [0.4, 0.5) is 0 Å². The molecule has 1 fully saturated rings. The Balaban J connectivity index is 2.54. The number of amides is 1. The second kappa shape index (κ2) is 6.57. The van der Waals surface area contributed by atoms with Gasteiger partial charge in [-0.3, -0.25) is 4.79 Å². The number of carboxylic acid groups (broad SMARTS) is 1. The first kappa shape index (κ1) is 17.0. The highest BCUT2D eigenvalue weighted by Crippen LogP contribution is 2.32. The van der Waals surface area contributed by atoms with Crippen LogP contribution in [0.2, 0.25) is 0 Å². The Morgan fingerprint density at radius 3 is 2.50 bits per heavy atom. The number of carbonyl (C=O) groups excluding carboxylic acids is 1. The molecule has 0 aromatic carbocycles. The molecule has 0 bridgehead atoms. The summed E-state index contributed by atoms with van der Waals surface area (Å²) in [4.78, 5) is 23.6. The SMILES string of the molecule is CC1CCCC(NC(=O)CCNC(C)(C)C)(C(=O)O)C1. The van der Waals surface area contributed by atoms with Crippen molar-refractivity contribution in [3.63, 3.8) is 0 Å². The summed E-state index contributed by atoms with van der Waals surface area (Å²) < 4.78 is 0. The fourth-order valence-corrected chi connectivity index (χ4v) is 2.79. The largest absolute Gasteiger partial charge is 0.480 e. The fourth-order valence-electron chi connectivity index (χ4n) is 2.79. The minimum atomic E-state index is -1.06. The molecule has 0 aromatic rings. The zero-order valence-corrected chi connectivity index (χ0v) is 13.1. The van der Waals surface area contributed by atoms with Crippen molar-refractivity contribution in [2.45, 2.75) is 70.9 Å². The number of carbonyl (C=O) groups is 2. The van der Waals surface area contributed by atoms with Crippen molar-refractivity contribution < 1.29 is 14.7 Å². The van der Waals surface area contributed by atoms with Gasteiger partial charge in [-0.15, -0.1) is 0 Å². The molecule has 1 saturated carbocycles. The number of hydrogen-bond acceptors (Lipinski definition) is 3. The van der Waals surface area contributed by atoms with Crippen LogP contribution in [0, 0.1) is 5.92 Å². The number of aliphatic carboxylic acids is 1. The van der Waals surface area contributed by atoms with Crippen LogP contribution in [0.1, 0.15) is 59.8 Å². The average Bonchev–Trinajstić information content (AvgIpc) is 2.26. The Hall–Kier alpha value is -1.10. The van der Waals surface area contributed by atoms with Crippen LogP contribution in [-0.2, 0) is 9.59 Å². The van der Waals surface area contributed by atoms with Gasteiger partial charge in [-0.05, 0) is 39.5 Å². The topological polar surface area (TPSA) is 78.4 Å². The van der Waals surface area contributed by atoms with Gasteiger partial charge in [-0.25, -0.2) is 4.79 Å². The van der Waals surface area contributed by atoms with Gasteiger partial charge in [0, 0.05) is 18.5 Å². The van der Waals surface area contributed by atoms with E-state index in [1.807, 2.05) is 27.7 Å². The Morgan fingerprint density at radius 1 is 1.35 bits per heavy atom. The zero-order valence-electron chi connectivity index (χ0n) is 13.1. The summed E-state index contributed by atoms with van der Waals surface area (Å²) in [6, 6.07) is 0. The van der Waals surface area contributed by atoms with Crippen LogP contribution in [0.3, 0.4) is 0 Å². The van der Waals surface area contributed by atoms with Crippen LogP contribution in [0.5, 0.6) is 0 Å². The van der Waals surface area contributed by atoms with E-state index >= 15 is 0 Å². The molecule has 1 rings (SSSR count). The third kappa shape index (κ3) is 5.12. The predicted molar refractivity (Wildman–Crippen MR) is 78.5 cm³/mol. The van der Waals surface area contributed by atoms with Crippen molar-refractivity contribution in [3.8, 4) is 0 Å². The maximum absolute atomic E-state index is 12.0. The molecule has 5 nitrogen and oxygen atoms in total. The first-order chi connectivity index (χ1) is 9.15. The van der Waals surface area contributed by atoms with Crippen molar-refractivity contribution in [1.82, 2.24) is 10.6 Å². The van der Waals surface area contributed by atoms with Crippen LogP contribution in [0.25, 0.3) is 0 Å². The van der Waals surface area contributed by atoms with Gasteiger partial charge >= 0.3 is 5.97 Å². The van der Waals surface area contributed by atoms with Crippen molar-refractivity contribution in [2.24, 2.45) is 5.92 Å². The second-order valence-electron chi connectivity index (χ2n) is 7.06. The summed E-state index contributed by atoms with van der Waals surface area (Å²) in [6.45, 7) is 8.70. The van der Waals surface area contributed by atoms with E-state index in [9.17, 15) is 14.7 Å². The molecule has 116 valence electrons. The van der Waals surface area contributed by atoms with Crippen LogP contribution in [-0.4, -0.2) is 34.6 Å². The lowest BCUT2D eigenvalue weighted by molar-refractivity contribution is -0.150. The molecule has 2 atom stereocenters. The van der Waals surface area contributed by atoms with Gasteiger partial charge in [0.15, 0.2) is 0 Å². The van der Waals surface area contributed by atoms with Gasteiger partial charge in [-0.1, -0.05) is 19.8 Å². The first-order valence-corrected chi connectivity index (χ1v) is 7.44. The lowest BCUT2D eigenvalue weighted by atomic mass is 9.76. The number of rotatable bonds is 5. The van der Waals surface area contributed by atoms with Crippen LogP contribution >= 0.6 is 0 Å². The van der Waals surface area contributed by atoms with Gasteiger partial charge in [0.05, 0.1) is 0 Å². The monoisotopic (exact) mass is 284 g/mol. The molecule has 0 spiro atoms. The van der Waals surface area contributed by atoms with E-state index in [-0.39, 0.29) is 11.4 Å². The molecule has 3 N–H and O–H groups in total. The van der Waals surface area contributed by atoms with Gasteiger partial charge in [-0.2, -0.15) is 0 Å². The van der Waals surface area contributed by atoms with E-state index in [2.05, 4.69) is 10.6 Å². The number of nitrogens with one attached hydrogen (secondary N) is 2. The molecule has 0 aromatic heterocycles. The second-order valence-corrected chi connectivity index (χ2v) is 7.06. The smallest absolute Gasteiger partial charge is 0.329 e. The molecule has 5 heteroatoms. The quantitative estimate of drug-likeness (QED) is 0.720. The highest BCUT2D eigenvalue weighted by molar-refractivity contribution is 5.87. The van der Waals surface area contributed by atoms with Crippen molar-refractivity contribution in [2.75, 3.05) is 6.54 Å². The number of hydrogen-bond donors (Lipinski definition) is 3. The molecule has 0 radical (unpaired) electrons.